The van der Waals surface area contributed by atoms with Crippen LogP contribution in [0.15, 0.2) is 52.1 Å². The molecule has 0 spiro atoms. The van der Waals surface area contributed by atoms with E-state index in [0.29, 0.717) is 13.0 Å². The Morgan fingerprint density at radius 3 is 2.53 bits per heavy atom. The summed E-state index contributed by atoms with van der Waals surface area (Å²) in [5.74, 6) is -0.0500. The Morgan fingerprint density at radius 2 is 1.86 bits per heavy atom. The molecule has 0 aliphatic rings. The third-order valence-electron chi connectivity index (χ3n) is 5.74. The number of hydrogen-bond acceptors (Lipinski definition) is 4. The van der Waals surface area contributed by atoms with Crippen molar-refractivity contribution >= 4 is 22.6 Å². The Balaban J connectivity index is 1.89. The molecule has 0 unspecified atom stereocenters. The van der Waals surface area contributed by atoms with Gasteiger partial charge in [0.25, 0.3) is 11.5 Å². The van der Waals surface area contributed by atoms with Crippen LogP contribution in [0.1, 0.15) is 48.7 Å². The molecule has 11 heteroatoms. The van der Waals surface area contributed by atoms with E-state index in [-0.39, 0.29) is 58.3 Å². The summed E-state index contributed by atoms with van der Waals surface area (Å²) in [5, 5.41) is 7.35. The number of nitrogens with zero attached hydrogens (tertiary/aromatic N) is 4. The molecule has 2 aromatic carbocycles. The van der Waals surface area contributed by atoms with Crippen molar-refractivity contribution in [1.82, 2.24) is 24.1 Å². The second-order valence-corrected chi connectivity index (χ2v) is 9.07. The molecule has 36 heavy (non-hydrogen) atoms. The average molecular weight is 502 g/mol. The summed E-state index contributed by atoms with van der Waals surface area (Å²) < 4.78 is 43.1. The molecule has 8 nitrogen and oxygen atoms in total. The maximum absolute atomic E-state index is 13.4. The van der Waals surface area contributed by atoms with Crippen LogP contribution in [0.2, 0.25) is 0 Å². The molecule has 0 saturated carbocycles. The number of carbonyl (C=O) groups excluding carboxylic acids is 1. The van der Waals surface area contributed by atoms with Gasteiger partial charge in [-0.15, -0.1) is 5.10 Å². The van der Waals surface area contributed by atoms with Gasteiger partial charge in [-0.2, -0.15) is 13.2 Å². The summed E-state index contributed by atoms with van der Waals surface area (Å²) in [6, 6.07) is 9.15. The van der Waals surface area contributed by atoms with Gasteiger partial charge in [-0.3, -0.25) is 14.2 Å². The maximum atomic E-state index is 13.4. The molecule has 0 fully saturated rings. The van der Waals surface area contributed by atoms with Crippen molar-refractivity contribution in [2.75, 3.05) is 6.54 Å². The van der Waals surface area contributed by atoms with E-state index in [4.69, 9.17) is 0 Å². The van der Waals surface area contributed by atoms with Crippen molar-refractivity contribution in [2.45, 2.75) is 46.5 Å². The van der Waals surface area contributed by atoms with Gasteiger partial charge in [-0.25, -0.2) is 13.9 Å². The highest BCUT2D eigenvalue weighted by molar-refractivity contribution is 5.98. The Labute approximate surface area is 204 Å². The summed E-state index contributed by atoms with van der Waals surface area (Å²) in [6.45, 7) is 6.31. The van der Waals surface area contributed by atoms with Gasteiger partial charge in [-0.1, -0.05) is 32.9 Å². The number of aryl methyl sites for hydroxylation is 1. The lowest BCUT2D eigenvalue weighted by molar-refractivity contribution is -0.137. The minimum absolute atomic E-state index is 0.0612. The van der Waals surface area contributed by atoms with Crippen LogP contribution in [0.5, 0.6) is 0 Å². The maximum Gasteiger partial charge on any atom is 0.416 e. The predicted octanol–water partition coefficient (Wildman–Crippen LogP) is 3.67. The number of halogens is 3. The van der Waals surface area contributed by atoms with Gasteiger partial charge >= 0.3 is 11.9 Å². The Bertz CT molecular complexity index is 1560. The lowest BCUT2D eigenvalue weighted by Crippen LogP contribution is -2.29. The first-order chi connectivity index (χ1) is 17.0. The molecule has 0 atom stereocenters. The van der Waals surface area contributed by atoms with E-state index in [0.717, 1.165) is 16.8 Å². The van der Waals surface area contributed by atoms with Gasteiger partial charge in [-0.05, 0) is 48.2 Å². The van der Waals surface area contributed by atoms with Gasteiger partial charge in [0.15, 0.2) is 0 Å². The fourth-order valence-electron chi connectivity index (χ4n) is 4.00. The fraction of sp³-hybridized carbons (Fsp3) is 0.360. The van der Waals surface area contributed by atoms with E-state index in [1.165, 1.54) is 39.3 Å². The lowest BCUT2D eigenvalue weighted by atomic mass is 10.1. The van der Waals surface area contributed by atoms with Crippen LogP contribution in [0.4, 0.5) is 13.2 Å². The van der Waals surface area contributed by atoms with Crippen molar-refractivity contribution in [3.05, 3.63) is 80.0 Å². The second-order valence-electron chi connectivity index (χ2n) is 9.07. The molecule has 190 valence electrons. The quantitative estimate of drug-likeness (QED) is 0.418. The van der Waals surface area contributed by atoms with Crippen LogP contribution < -0.4 is 16.6 Å². The molecule has 2 aromatic heterocycles. The van der Waals surface area contributed by atoms with Crippen molar-refractivity contribution in [3.63, 3.8) is 0 Å². The van der Waals surface area contributed by atoms with Crippen molar-refractivity contribution in [3.8, 4) is 0 Å². The van der Waals surface area contributed by atoms with Crippen LogP contribution in [0, 0.1) is 5.92 Å². The van der Waals surface area contributed by atoms with Crippen molar-refractivity contribution in [2.24, 2.45) is 5.92 Å². The minimum atomic E-state index is -4.52. The summed E-state index contributed by atoms with van der Waals surface area (Å²) in [6.07, 6.45) is -3.93. The first kappa shape index (κ1) is 25.2. The number of alkyl halides is 3. The highest BCUT2D eigenvalue weighted by atomic mass is 19.4. The molecule has 4 aromatic rings. The van der Waals surface area contributed by atoms with Gasteiger partial charge in [0.05, 0.1) is 23.0 Å². The minimum Gasteiger partial charge on any atom is -0.352 e. The second kappa shape index (κ2) is 9.63. The van der Waals surface area contributed by atoms with Gasteiger partial charge in [0.1, 0.15) is 0 Å². The van der Waals surface area contributed by atoms with Crippen LogP contribution >= 0.6 is 0 Å². The Morgan fingerprint density at radius 1 is 1.11 bits per heavy atom. The van der Waals surface area contributed by atoms with Gasteiger partial charge in [0, 0.05) is 18.7 Å². The van der Waals surface area contributed by atoms with E-state index >= 15 is 0 Å². The molecule has 1 amide bonds. The summed E-state index contributed by atoms with van der Waals surface area (Å²) in [7, 11) is 0. The SMILES string of the molecule is CCCn1c(=O)c2ccc(C(=O)NCC(C)C)cc2n2c(=O)n(Cc3cccc(C(F)(F)F)c3)nc12. The topological polar surface area (TPSA) is 90.4 Å². The van der Waals surface area contributed by atoms with E-state index in [2.05, 4.69) is 10.4 Å². The molecule has 0 saturated heterocycles. The summed E-state index contributed by atoms with van der Waals surface area (Å²) in [4.78, 5) is 39.3. The molecule has 1 N–H and O–H groups in total. The third kappa shape index (κ3) is 4.77. The van der Waals surface area contributed by atoms with Crippen molar-refractivity contribution in [1.29, 1.82) is 0 Å². The number of amides is 1. The molecule has 2 heterocycles. The zero-order valence-corrected chi connectivity index (χ0v) is 20.1. The fourth-order valence-corrected chi connectivity index (χ4v) is 4.00. The average Bonchev–Trinajstić information content (AvgIpc) is 3.15. The van der Waals surface area contributed by atoms with Crippen LogP contribution in [-0.2, 0) is 19.3 Å². The first-order valence-electron chi connectivity index (χ1n) is 11.6. The van der Waals surface area contributed by atoms with E-state index < -0.39 is 17.4 Å². The lowest BCUT2D eigenvalue weighted by Gasteiger charge is -2.11. The normalized spacial score (nSPS) is 12.1. The zero-order chi connectivity index (χ0) is 26.2. The highest BCUT2D eigenvalue weighted by Gasteiger charge is 2.30. The smallest absolute Gasteiger partial charge is 0.352 e. The highest BCUT2D eigenvalue weighted by Crippen LogP contribution is 2.29. The number of rotatable bonds is 7. The number of nitrogens with one attached hydrogen (secondary N) is 1. The van der Waals surface area contributed by atoms with E-state index in [9.17, 15) is 27.6 Å². The third-order valence-corrected chi connectivity index (χ3v) is 5.74. The summed E-state index contributed by atoms with van der Waals surface area (Å²) >= 11 is 0. The largest absolute Gasteiger partial charge is 0.416 e. The Hall–Kier alpha value is -3.89. The van der Waals surface area contributed by atoms with Crippen LogP contribution in [0.3, 0.4) is 0 Å². The molecular formula is C25H26F3N5O3. The molecule has 0 aliphatic carbocycles. The van der Waals surface area contributed by atoms with Crippen molar-refractivity contribution < 1.29 is 18.0 Å². The Kier molecular flexibility index (Phi) is 6.75. The number of hydrogen-bond donors (Lipinski definition) is 1. The number of benzene rings is 2. The monoisotopic (exact) mass is 501 g/mol. The van der Waals surface area contributed by atoms with Gasteiger partial charge < -0.3 is 5.32 Å². The van der Waals surface area contributed by atoms with E-state index in [1.807, 2.05) is 20.8 Å². The number of aromatic nitrogens is 4. The predicted molar refractivity (Wildman–Crippen MR) is 129 cm³/mol. The summed E-state index contributed by atoms with van der Waals surface area (Å²) in [5.41, 5.74) is -1.11. The molecule has 4 rings (SSSR count). The number of carbonyl (C=O) groups is 1. The van der Waals surface area contributed by atoms with E-state index in [1.54, 1.807) is 0 Å². The van der Waals surface area contributed by atoms with Crippen LogP contribution in [-0.4, -0.2) is 31.2 Å². The molecule has 0 bridgehead atoms. The number of fused-ring (bicyclic) bond motifs is 3. The zero-order valence-electron chi connectivity index (χ0n) is 20.1. The first-order valence-corrected chi connectivity index (χ1v) is 11.6. The standard InChI is InChI=1S/C25H26F3N5O3/c1-4-10-31-22(35)19-9-8-17(21(34)29-13-15(2)3)12-20(19)33-23(31)30-32(24(33)36)14-16-6-5-7-18(11-16)25(26,27)28/h5-9,11-12,15H,4,10,13-14H2,1-3H3,(H,29,34). The van der Waals surface area contributed by atoms with Gasteiger partial charge in [0.2, 0.25) is 5.78 Å². The van der Waals surface area contributed by atoms with Crippen LogP contribution in [0.25, 0.3) is 16.7 Å². The molecular weight excluding hydrogens is 475 g/mol. The molecule has 0 aliphatic heterocycles. The molecule has 0 radical (unpaired) electrons.